The van der Waals surface area contributed by atoms with Gasteiger partial charge in [-0.25, -0.2) is 0 Å². The van der Waals surface area contributed by atoms with Crippen LogP contribution in [-0.4, -0.2) is 72.2 Å². The molecule has 2 aromatic carbocycles. The number of benzene rings is 2. The Hall–Kier alpha value is -1.50. The second-order valence-corrected chi connectivity index (χ2v) is 8.67. The minimum Gasteiger partial charge on any atom is -0.390 e. The van der Waals surface area contributed by atoms with E-state index < -0.39 is 6.10 Å². The fraction of sp³-hybridized carbons (Fsp3) is 0.381. The highest BCUT2D eigenvalue weighted by atomic mass is 35.5. The second-order valence-electron chi connectivity index (χ2n) is 7.45. The van der Waals surface area contributed by atoms with E-state index in [1.54, 1.807) is 35.2 Å². The van der Waals surface area contributed by atoms with Crippen LogP contribution in [0.2, 0.25) is 15.1 Å². The average molecular weight is 455 g/mol. The van der Waals surface area contributed by atoms with E-state index in [-0.39, 0.29) is 11.9 Å². The van der Waals surface area contributed by atoms with Crippen LogP contribution < -0.4 is 4.90 Å². The molecule has 2 aliphatic rings. The maximum atomic E-state index is 12.8. The van der Waals surface area contributed by atoms with Gasteiger partial charge in [0.25, 0.3) is 5.91 Å². The molecule has 0 spiro atoms. The molecule has 2 aromatic rings. The van der Waals surface area contributed by atoms with E-state index in [1.807, 2.05) is 12.1 Å². The highest BCUT2D eigenvalue weighted by Crippen LogP contribution is 2.33. The van der Waals surface area contributed by atoms with Crippen LogP contribution >= 0.6 is 34.8 Å². The second kappa shape index (κ2) is 8.70. The highest BCUT2D eigenvalue weighted by molar-refractivity contribution is 6.43. The smallest absolute Gasteiger partial charge is 0.253 e. The van der Waals surface area contributed by atoms with Crippen molar-refractivity contribution >= 4 is 46.4 Å². The molecule has 2 atom stereocenters. The summed E-state index contributed by atoms with van der Waals surface area (Å²) < 4.78 is 0. The SMILES string of the molecule is O=C(c1ccc(Cl)cc1)N1C[C@@H](O)[C@H](N2CCN(c3cccc(Cl)c3Cl)CC2)C1. The zero-order valence-corrected chi connectivity index (χ0v) is 18.0. The standard InChI is InChI=1S/C21H22Cl3N3O2/c22-15-6-4-14(5-7-15)21(29)27-12-18(19(28)13-27)26-10-8-25(9-11-26)17-3-1-2-16(23)20(17)24/h1-7,18-19,28H,8-13H2/t18-,19-/m1/s1. The summed E-state index contributed by atoms with van der Waals surface area (Å²) >= 11 is 18.4. The molecule has 0 aliphatic carbocycles. The topological polar surface area (TPSA) is 47.0 Å². The number of hydrogen-bond acceptors (Lipinski definition) is 4. The summed E-state index contributed by atoms with van der Waals surface area (Å²) in [6.45, 7) is 4.00. The van der Waals surface area contributed by atoms with Gasteiger partial charge in [-0.15, -0.1) is 0 Å². The molecule has 2 saturated heterocycles. The molecule has 29 heavy (non-hydrogen) atoms. The number of carbonyl (C=O) groups is 1. The monoisotopic (exact) mass is 453 g/mol. The van der Waals surface area contributed by atoms with Gasteiger partial charge < -0.3 is 14.9 Å². The molecule has 2 fully saturated rings. The van der Waals surface area contributed by atoms with Gasteiger partial charge in [0.1, 0.15) is 0 Å². The van der Waals surface area contributed by atoms with Crippen LogP contribution in [0.5, 0.6) is 0 Å². The van der Waals surface area contributed by atoms with Gasteiger partial charge in [0, 0.05) is 49.9 Å². The van der Waals surface area contributed by atoms with Crippen molar-refractivity contribution in [1.29, 1.82) is 0 Å². The predicted octanol–water partition coefficient (Wildman–Crippen LogP) is 3.65. The number of likely N-dealkylation sites (tertiary alicyclic amines) is 1. The van der Waals surface area contributed by atoms with Gasteiger partial charge in [-0.05, 0) is 36.4 Å². The van der Waals surface area contributed by atoms with Crippen molar-refractivity contribution in [3.8, 4) is 0 Å². The van der Waals surface area contributed by atoms with E-state index >= 15 is 0 Å². The highest BCUT2D eigenvalue weighted by Gasteiger charge is 2.39. The zero-order chi connectivity index (χ0) is 20.5. The third-order valence-electron chi connectivity index (χ3n) is 5.69. The third kappa shape index (κ3) is 4.35. The Balaban J connectivity index is 1.38. The van der Waals surface area contributed by atoms with Crippen molar-refractivity contribution in [3.63, 3.8) is 0 Å². The van der Waals surface area contributed by atoms with Gasteiger partial charge in [0.2, 0.25) is 0 Å². The van der Waals surface area contributed by atoms with Crippen LogP contribution in [0.15, 0.2) is 42.5 Å². The average Bonchev–Trinajstić information content (AvgIpc) is 3.12. The van der Waals surface area contributed by atoms with Crippen molar-refractivity contribution in [3.05, 3.63) is 63.1 Å². The van der Waals surface area contributed by atoms with E-state index in [2.05, 4.69) is 9.80 Å². The van der Waals surface area contributed by atoms with Crippen LogP contribution in [-0.2, 0) is 0 Å². The normalized spacial score (nSPS) is 22.9. The molecule has 8 heteroatoms. The first-order chi connectivity index (χ1) is 13.9. The number of carbonyl (C=O) groups excluding carboxylic acids is 1. The first-order valence-corrected chi connectivity index (χ1v) is 10.7. The summed E-state index contributed by atoms with van der Waals surface area (Å²) in [5, 5.41) is 12.3. The van der Waals surface area contributed by atoms with E-state index in [9.17, 15) is 9.90 Å². The molecular formula is C21H22Cl3N3O2. The summed E-state index contributed by atoms with van der Waals surface area (Å²) in [4.78, 5) is 18.9. The molecule has 2 heterocycles. The van der Waals surface area contributed by atoms with Gasteiger partial charge in [0.05, 0.1) is 27.9 Å². The van der Waals surface area contributed by atoms with Crippen molar-refractivity contribution in [1.82, 2.24) is 9.80 Å². The Labute approximate surface area is 185 Å². The zero-order valence-electron chi connectivity index (χ0n) is 15.8. The molecule has 0 radical (unpaired) electrons. The minimum atomic E-state index is -0.562. The fourth-order valence-electron chi connectivity index (χ4n) is 4.10. The number of β-amino-alcohol motifs (C(OH)–C–C–N with tert-alkyl or cyclic N) is 1. The quantitative estimate of drug-likeness (QED) is 0.769. The fourth-order valence-corrected chi connectivity index (χ4v) is 4.64. The molecule has 1 amide bonds. The molecule has 0 unspecified atom stereocenters. The number of aliphatic hydroxyl groups excluding tert-OH is 1. The third-order valence-corrected chi connectivity index (χ3v) is 6.75. The van der Waals surface area contributed by atoms with Crippen molar-refractivity contribution in [2.24, 2.45) is 0 Å². The Kier molecular flexibility index (Phi) is 6.23. The van der Waals surface area contributed by atoms with Gasteiger partial charge >= 0.3 is 0 Å². The number of anilines is 1. The number of halogens is 3. The van der Waals surface area contributed by atoms with Gasteiger partial charge in [-0.1, -0.05) is 40.9 Å². The number of rotatable bonds is 3. The van der Waals surface area contributed by atoms with Crippen LogP contribution in [0.1, 0.15) is 10.4 Å². The molecule has 0 saturated carbocycles. The summed E-state index contributed by atoms with van der Waals surface area (Å²) in [6.07, 6.45) is -0.562. The molecule has 0 bridgehead atoms. The first kappa shape index (κ1) is 20.8. The lowest BCUT2D eigenvalue weighted by molar-refractivity contribution is 0.0754. The molecule has 0 aromatic heterocycles. The van der Waals surface area contributed by atoms with Crippen LogP contribution in [0, 0.1) is 0 Å². The molecule has 2 aliphatic heterocycles. The van der Waals surface area contributed by atoms with E-state index in [4.69, 9.17) is 34.8 Å². The molecule has 4 rings (SSSR count). The number of amides is 1. The lowest BCUT2D eigenvalue weighted by atomic mass is 10.1. The van der Waals surface area contributed by atoms with Gasteiger partial charge in [-0.3, -0.25) is 9.69 Å². The first-order valence-electron chi connectivity index (χ1n) is 9.60. The summed E-state index contributed by atoms with van der Waals surface area (Å²) in [5.41, 5.74) is 1.52. The minimum absolute atomic E-state index is 0.0665. The molecular weight excluding hydrogens is 433 g/mol. The molecule has 154 valence electrons. The Morgan fingerprint density at radius 1 is 0.931 bits per heavy atom. The Morgan fingerprint density at radius 2 is 1.62 bits per heavy atom. The predicted molar refractivity (Wildman–Crippen MR) is 117 cm³/mol. The number of piperazine rings is 1. The van der Waals surface area contributed by atoms with E-state index in [1.165, 1.54) is 0 Å². The maximum absolute atomic E-state index is 12.8. The number of hydrogen-bond donors (Lipinski definition) is 1. The summed E-state index contributed by atoms with van der Waals surface area (Å²) in [6, 6.07) is 12.4. The van der Waals surface area contributed by atoms with Gasteiger partial charge in [0.15, 0.2) is 0 Å². The summed E-state index contributed by atoms with van der Waals surface area (Å²) in [5.74, 6) is -0.0763. The number of aliphatic hydroxyl groups is 1. The van der Waals surface area contributed by atoms with Gasteiger partial charge in [-0.2, -0.15) is 0 Å². The lowest BCUT2D eigenvalue weighted by Gasteiger charge is -2.40. The van der Waals surface area contributed by atoms with Crippen molar-refractivity contribution < 1.29 is 9.90 Å². The van der Waals surface area contributed by atoms with E-state index in [0.717, 1.165) is 31.9 Å². The molecule has 5 nitrogen and oxygen atoms in total. The largest absolute Gasteiger partial charge is 0.390 e. The number of nitrogens with zero attached hydrogens (tertiary/aromatic N) is 3. The van der Waals surface area contributed by atoms with Crippen LogP contribution in [0.4, 0.5) is 5.69 Å². The van der Waals surface area contributed by atoms with Crippen LogP contribution in [0.25, 0.3) is 0 Å². The van der Waals surface area contributed by atoms with Crippen molar-refractivity contribution in [2.45, 2.75) is 12.1 Å². The lowest BCUT2D eigenvalue weighted by Crippen LogP contribution is -2.53. The maximum Gasteiger partial charge on any atom is 0.253 e. The Bertz CT molecular complexity index is 885. The van der Waals surface area contributed by atoms with Crippen LogP contribution in [0.3, 0.4) is 0 Å². The summed E-state index contributed by atoms with van der Waals surface area (Å²) in [7, 11) is 0. The van der Waals surface area contributed by atoms with E-state index in [0.29, 0.717) is 33.7 Å². The molecule has 1 N–H and O–H groups in total. The van der Waals surface area contributed by atoms with Crippen molar-refractivity contribution in [2.75, 3.05) is 44.2 Å². The Morgan fingerprint density at radius 3 is 2.31 bits per heavy atom.